The Hall–Kier alpha value is -1.31. The summed E-state index contributed by atoms with van der Waals surface area (Å²) in [5, 5.41) is 3.14. The lowest BCUT2D eigenvalue weighted by molar-refractivity contribution is 0.110. The van der Waals surface area contributed by atoms with Gasteiger partial charge in [0.05, 0.1) is 16.3 Å². The van der Waals surface area contributed by atoms with E-state index < -0.39 is 10.0 Å². The smallest absolute Gasteiger partial charge is 0.240 e. The summed E-state index contributed by atoms with van der Waals surface area (Å²) in [7, 11) is -2.08. The van der Waals surface area contributed by atoms with E-state index in [1.54, 1.807) is 6.07 Å². The molecule has 0 spiro atoms. The molecule has 4 N–H and O–H groups in total. The van der Waals surface area contributed by atoms with E-state index in [-0.39, 0.29) is 4.90 Å². The second-order valence-electron chi connectivity index (χ2n) is 5.21. The molecule has 0 saturated carbocycles. The Bertz CT molecular complexity index is 544. The van der Waals surface area contributed by atoms with Gasteiger partial charge in [0.15, 0.2) is 0 Å². The van der Waals surface area contributed by atoms with Crippen LogP contribution in [0, 0.1) is 5.92 Å². The number of benzene rings is 1. The fraction of sp³-hybridized carbons (Fsp3) is 0.571. The first-order chi connectivity index (χ1) is 9.86. The Morgan fingerprint density at radius 1 is 1.33 bits per heavy atom. The fourth-order valence-corrected chi connectivity index (χ4v) is 2.45. The number of anilines is 2. The van der Waals surface area contributed by atoms with Crippen LogP contribution >= 0.6 is 0 Å². The molecule has 1 aromatic carbocycles. The molecular formula is C14H25N3O3S. The topological polar surface area (TPSA) is 93.5 Å². The number of ether oxygens (including phenoxy) is 1. The summed E-state index contributed by atoms with van der Waals surface area (Å²) in [6, 6.07) is 4.61. The van der Waals surface area contributed by atoms with Crippen molar-refractivity contribution in [3.63, 3.8) is 0 Å². The Balaban J connectivity index is 2.53. The van der Waals surface area contributed by atoms with Crippen LogP contribution < -0.4 is 15.8 Å². The van der Waals surface area contributed by atoms with Crippen molar-refractivity contribution in [2.45, 2.75) is 25.2 Å². The summed E-state index contributed by atoms with van der Waals surface area (Å²) in [5.74, 6) is 0.525. The molecule has 0 heterocycles. The zero-order chi connectivity index (χ0) is 15.9. The summed E-state index contributed by atoms with van der Waals surface area (Å²) in [5.41, 5.74) is 6.99. The van der Waals surface area contributed by atoms with E-state index in [0.29, 0.717) is 30.4 Å². The number of hydrogen-bond acceptors (Lipinski definition) is 5. The van der Waals surface area contributed by atoms with E-state index >= 15 is 0 Å². The molecule has 0 aliphatic rings. The van der Waals surface area contributed by atoms with E-state index in [1.807, 2.05) is 0 Å². The third-order valence-electron chi connectivity index (χ3n) is 2.84. The van der Waals surface area contributed by atoms with Crippen LogP contribution in [0.4, 0.5) is 11.4 Å². The molecule has 0 atom stereocenters. The van der Waals surface area contributed by atoms with Crippen molar-refractivity contribution < 1.29 is 13.2 Å². The Morgan fingerprint density at radius 3 is 2.67 bits per heavy atom. The molecule has 7 heteroatoms. The van der Waals surface area contributed by atoms with Gasteiger partial charge in [-0.25, -0.2) is 13.1 Å². The lowest BCUT2D eigenvalue weighted by Gasteiger charge is -2.12. The summed E-state index contributed by atoms with van der Waals surface area (Å²) in [6.45, 7) is 6.29. The second kappa shape index (κ2) is 8.21. The average molecular weight is 315 g/mol. The van der Waals surface area contributed by atoms with Crippen LogP contribution in [-0.4, -0.2) is 35.2 Å². The summed E-state index contributed by atoms with van der Waals surface area (Å²) in [4.78, 5) is 0.192. The molecule has 0 saturated heterocycles. The van der Waals surface area contributed by atoms with Crippen LogP contribution in [-0.2, 0) is 14.8 Å². The van der Waals surface area contributed by atoms with Gasteiger partial charge in [-0.1, -0.05) is 13.8 Å². The molecule has 6 nitrogen and oxygen atoms in total. The van der Waals surface area contributed by atoms with Crippen LogP contribution in [0.1, 0.15) is 20.3 Å². The van der Waals surface area contributed by atoms with Crippen molar-refractivity contribution in [1.82, 2.24) is 4.72 Å². The maximum Gasteiger partial charge on any atom is 0.240 e. The standard InChI is InChI=1S/C14H25N3O3S/c1-11(2)10-20-8-4-7-17-14-9-12(5-6-13(14)15)21(18,19)16-3/h5-6,9,11,16-17H,4,7-8,10,15H2,1-3H3. The predicted octanol–water partition coefficient (Wildman–Crippen LogP) is 1.65. The first-order valence-electron chi connectivity index (χ1n) is 7.01. The van der Waals surface area contributed by atoms with Crippen LogP contribution in [0.2, 0.25) is 0 Å². The third kappa shape index (κ3) is 5.91. The largest absolute Gasteiger partial charge is 0.397 e. The highest BCUT2D eigenvalue weighted by atomic mass is 32.2. The van der Waals surface area contributed by atoms with Gasteiger partial charge in [-0.15, -0.1) is 0 Å². The number of nitrogens with one attached hydrogen (secondary N) is 2. The first kappa shape index (κ1) is 17.7. The first-order valence-corrected chi connectivity index (χ1v) is 8.50. The van der Waals surface area contributed by atoms with Crippen molar-refractivity contribution in [3.8, 4) is 0 Å². The van der Waals surface area contributed by atoms with Crippen LogP contribution in [0.15, 0.2) is 23.1 Å². The minimum absolute atomic E-state index is 0.192. The van der Waals surface area contributed by atoms with Crippen molar-refractivity contribution in [1.29, 1.82) is 0 Å². The molecule has 0 bridgehead atoms. The van der Waals surface area contributed by atoms with Crippen LogP contribution in [0.5, 0.6) is 0 Å². The molecule has 1 aromatic rings. The van der Waals surface area contributed by atoms with E-state index in [2.05, 4.69) is 23.9 Å². The van der Waals surface area contributed by atoms with E-state index in [0.717, 1.165) is 13.0 Å². The molecule has 0 amide bonds. The molecule has 0 aliphatic heterocycles. The Kier molecular flexibility index (Phi) is 6.94. The highest BCUT2D eigenvalue weighted by Crippen LogP contribution is 2.22. The molecule has 0 fully saturated rings. The monoisotopic (exact) mass is 315 g/mol. The van der Waals surface area contributed by atoms with Gasteiger partial charge in [-0.3, -0.25) is 0 Å². The quantitative estimate of drug-likeness (QED) is 0.476. The van der Waals surface area contributed by atoms with Gasteiger partial charge in [0.1, 0.15) is 0 Å². The molecule has 0 aromatic heterocycles. The Morgan fingerprint density at radius 2 is 2.05 bits per heavy atom. The number of hydrogen-bond donors (Lipinski definition) is 3. The number of sulfonamides is 1. The number of rotatable bonds is 9. The molecule has 1 rings (SSSR count). The maximum atomic E-state index is 11.7. The average Bonchev–Trinajstić information content (AvgIpc) is 2.43. The number of nitrogens with two attached hydrogens (primary N) is 1. The lowest BCUT2D eigenvalue weighted by Crippen LogP contribution is -2.19. The van der Waals surface area contributed by atoms with Gasteiger partial charge in [0.2, 0.25) is 10.0 Å². The summed E-state index contributed by atoms with van der Waals surface area (Å²) < 4.78 is 31.3. The van der Waals surface area contributed by atoms with Crippen LogP contribution in [0.3, 0.4) is 0 Å². The zero-order valence-corrected chi connectivity index (χ0v) is 13.7. The minimum Gasteiger partial charge on any atom is -0.397 e. The van der Waals surface area contributed by atoms with Gasteiger partial charge in [0.25, 0.3) is 0 Å². The predicted molar refractivity (Wildman–Crippen MR) is 85.9 cm³/mol. The van der Waals surface area contributed by atoms with Gasteiger partial charge in [-0.2, -0.15) is 0 Å². The maximum absolute atomic E-state index is 11.7. The van der Waals surface area contributed by atoms with Crippen molar-refractivity contribution in [2.24, 2.45) is 5.92 Å². The van der Waals surface area contributed by atoms with E-state index in [4.69, 9.17) is 10.5 Å². The molecule has 0 aliphatic carbocycles. The lowest BCUT2D eigenvalue weighted by atomic mass is 10.2. The fourth-order valence-electron chi connectivity index (χ4n) is 1.69. The van der Waals surface area contributed by atoms with Crippen molar-refractivity contribution in [2.75, 3.05) is 37.9 Å². The SMILES string of the molecule is CNS(=O)(=O)c1ccc(N)c(NCCCOCC(C)C)c1. The highest BCUT2D eigenvalue weighted by molar-refractivity contribution is 7.89. The summed E-state index contributed by atoms with van der Waals surface area (Å²) >= 11 is 0. The molecule has 21 heavy (non-hydrogen) atoms. The van der Waals surface area contributed by atoms with Gasteiger partial charge >= 0.3 is 0 Å². The van der Waals surface area contributed by atoms with Gasteiger partial charge in [-0.05, 0) is 37.6 Å². The van der Waals surface area contributed by atoms with E-state index in [9.17, 15) is 8.42 Å². The normalized spacial score (nSPS) is 11.8. The van der Waals surface area contributed by atoms with Gasteiger partial charge < -0.3 is 15.8 Å². The molecule has 120 valence electrons. The van der Waals surface area contributed by atoms with E-state index in [1.165, 1.54) is 19.2 Å². The van der Waals surface area contributed by atoms with Crippen molar-refractivity contribution >= 4 is 21.4 Å². The second-order valence-corrected chi connectivity index (χ2v) is 7.09. The highest BCUT2D eigenvalue weighted by Gasteiger charge is 2.12. The minimum atomic E-state index is -3.46. The van der Waals surface area contributed by atoms with Crippen LogP contribution in [0.25, 0.3) is 0 Å². The molecular weight excluding hydrogens is 290 g/mol. The molecule has 0 unspecified atom stereocenters. The zero-order valence-electron chi connectivity index (χ0n) is 12.8. The number of nitrogen functional groups attached to an aromatic ring is 1. The van der Waals surface area contributed by atoms with Crippen molar-refractivity contribution in [3.05, 3.63) is 18.2 Å². The van der Waals surface area contributed by atoms with Gasteiger partial charge in [0, 0.05) is 19.8 Å². The Labute approximate surface area is 127 Å². The molecule has 0 radical (unpaired) electrons. The third-order valence-corrected chi connectivity index (χ3v) is 4.25. The summed E-state index contributed by atoms with van der Waals surface area (Å²) in [6.07, 6.45) is 0.829.